The zero-order chi connectivity index (χ0) is 24.0. The first-order chi connectivity index (χ1) is 16.3. The summed E-state index contributed by atoms with van der Waals surface area (Å²) in [6.07, 6.45) is 2.21. The molecule has 2 fully saturated rings. The van der Waals surface area contributed by atoms with E-state index in [-0.39, 0.29) is 55.8 Å². The van der Waals surface area contributed by atoms with E-state index in [4.69, 9.17) is 5.26 Å². The SMILES string of the molecule is N#CCC1(O)CCN(C(=O)c2cn(-c3ccc4c(c3)CN(C3CCC(=O)NC3=O)C4=O)nn2)C1. The van der Waals surface area contributed by atoms with Crippen molar-refractivity contribution in [3.63, 3.8) is 0 Å². The van der Waals surface area contributed by atoms with Gasteiger partial charge < -0.3 is 14.9 Å². The highest BCUT2D eigenvalue weighted by Crippen LogP contribution is 2.29. The predicted octanol–water partition coefficient (Wildman–Crippen LogP) is -0.481. The van der Waals surface area contributed by atoms with Gasteiger partial charge in [0.05, 0.1) is 36.5 Å². The maximum Gasteiger partial charge on any atom is 0.276 e. The van der Waals surface area contributed by atoms with Crippen molar-refractivity contribution in [1.82, 2.24) is 30.1 Å². The van der Waals surface area contributed by atoms with Gasteiger partial charge in [-0.2, -0.15) is 5.26 Å². The molecule has 3 aliphatic heterocycles. The van der Waals surface area contributed by atoms with Crippen molar-refractivity contribution in [2.75, 3.05) is 13.1 Å². The van der Waals surface area contributed by atoms with Gasteiger partial charge in [0.2, 0.25) is 11.8 Å². The summed E-state index contributed by atoms with van der Waals surface area (Å²) in [5.74, 6) is -1.47. The Hall–Kier alpha value is -4.11. The molecule has 174 valence electrons. The van der Waals surface area contributed by atoms with E-state index in [2.05, 4.69) is 15.6 Å². The minimum Gasteiger partial charge on any atom is -0.387 e. The Morgan fingerprint density at radius 2 is 2.15 bits per heavy atom. The summed E-state index contributed by atoms with van der Waals surface area (Å²) in [5, 5.41) is 29.5. The Bertz CT molecular complexity index is 1260. The zero-order valence-corrected chi connectivity index (χ0v) is 18.1. The number of hydrogen-bond acceptors (Lipinski definition) is 8. The highest BCUT2D eigenvalue weighted by atomic mass is 16.3. The van der Waals surface area contributed by atoms with Crippen LogP contribution >= 0.6 is 0 Å². The Morgan fingerprint density at radius 3 is 2.91 bits per heavy atom. The van der Waals surface area contributed by atoms with Gasteiger partial charge in [-0.05, 0) is 36.6 Å². The summed E-state index contributed by atoms with van der Waals surface area (Å²) >= 11 is 0. The number of piperidine rings is 1. The van der Waals surface area contributed by atoms with Gasteiger partial charge in [0, 0.05) is 25.1 Å². The van der Waals surface area contributed by atoms with Gasteiger partial charge in [-0.3, -0.25) is 24.5 Å². The van der Waals surface area contributed by atoms with Crippen molar-refractivity contribution in [3.05, 3.63) is 41.2 Å². The van der Waals surface area contributed by atoms with Gasteiger partial charge in [-0.15, -0.1) is 5.10 Å². The number of fused-ring (bicyclic) bond motifs is 1. The van der Waals surface area contributed by atoms with Gasteiger partial charge in [0.25, 0.3) is 11.8 Å². The van der Waals surface area contributed by atoms with E-state index in [1.54, 1.807) is 18.2 Å². The number of aromatic nitrogens is 3. The number of amides is 4. The molecule has 0 bridgehead atoms. The molecule has 0 radical (unpaired) electrons. The number of β-amino-alcohol motifs (C(OH)–C–C–N with tert-alkyl or cyclic N) is 1. The molecule has 1 aromatic carbocycles. The molecule has 2 N–H and O–H groups in total. The lowest BCUT2D eigenvalue weighted by Crippen LogP contribution is -2.52. The minimum absolute atomic E-state index is 0.0485. The molecule has 4 heterocycles. The molecular weight excluding hydrogens is 442 g/mol. The van der Waals surface area contributed by atoms with Crippen LogP contribution in [-0.4, -0.2) is 78.3 Å². The maximum absolute atomic E-state index is 12.8. The van der Waals surface area contributed by atoms with Crippen LogP contribution in [0.5, 0.6) is 0 Å². The molecule has 3 aliphatic rings. The molecule has 2 saturated heterocycles. The molecule has 0 spiro atoms. The van der Waals surface area contributed by atoms with E-state index in [1.165, 1.54) is 20.7 Å². The van der Waals surface area contributed by atoms with E-state index in [9.17, 15) is 24.3 Å². The summed E-state index contributed by atoms with van der Waals surface area (Å²) in [5.41, 5.74) is 0.658. The second kappa shape index (κ2) is 8.03. The number of aliphatic hydroxyl groups is 1. The molecule has 4 amide bonds. The van der Waals surface area contributed by atoms with Crippen LogP contribution in [0.1, 0.15) is 52.1 Å². The van der Waals surface area contributed by atoms with Crippen molar-refractivity contribution in [3.8, 4) is 11.8 Å². The summed E-state index contributed by atoms with van der Waals surface area (Å²) in [6.45, 7) is 0.602. The molecule has 12 nitrogen and oxygen atoms in total. The number of nitriles is 1. The molecular formula is C22H21N7O5. The first-order valence-corrected chi connectivity index (χ1v) is 10.9. The van der Waals surface area contributed by atoms with Crippen molar-refractivity contribution in [2.24, 2.45) is 0 Å². The highest BCUT2D eigenvalue weighted by molar-refractivity contribution is 6.05. The Balaban J connectivity index is 1.32. The fourth-order valence-corrected chi connectivity index (χ4v) is 4.67. The van der Waals surface area contributed by atoms with Gasteiger partial charge in [-0.1, -0.05) is 5.21 Å². The van der Waals surface area contributed by atoms with E-state index in [0.29, 0.717) is 29.8 Å². The van der Waals surface area contributed by atoms with Crippen molar-refractivity contribution < 1.29 is 24.3 Å². The summed E-state index contributed by atoms with van der Waals surface area (Å²) in [4.78, 5) is 52.2. The number of carbonyl (C=O) groups excluding carboxylic acids is 4. The van der Waals surface area contributed by atoms with Crippen molar-refractivity contribution in [2.45, 2.75) is 43.9 Å². The van der Waals surface area contributed by atoms with Crippen molar-refractivity contribution >= 4 is 23.6 Å². The molecule has 2 atom stereocenters. The lowest BCUT2D eigenvalue weighted by atomic mass is 10.0. The van der Waals surface area contributed by atoms with Crippen LogP contribution in [0.3, 0.4) is 0 Å². The first kappa shape index (κ1) is 21.7. The fraction of sp³-hybridized carbons (Fsp3) is 0.409. The Morgan fingerprint density at radius 1 is 1.32 bits per heavy atom. The quantitative estimate of drug-likeness (QED) is 0.575. The molecule has 12 heteroatoms. The van der Waals surface area contributed by atoms with Gasteiger partial charge in [0.15, 0.2) is 5.69 Å². The average Bonchev–Trinajstić information content (AvgIpc) is 3.52. The smallest absolute Gasteiger partial charge is 0.276 e. The number of likely N-dealkylation sites (tertiary alicyclic amines) is 1. The number of carbonyl (C=O) groups is 4. The van der Waals surface area contributed by atoms with Crippen LogP contribution in [0, 0.1) is 11.3 Å². The minimum atomic E-state index is -1.21. The molecule has 0 aliphatic carbocycles. The molecule has 1 aromatic heterocycles. The van der Waals surface area contributed by atoms with Crippen LogP contribution in [0.25, 0.3) is 5.69 Å². The largest absolute Gasteiger partial charge is 0.387 e. The number of nitrogens with zero attached hydrogens (tertiary/aromatic N) is 6. The normalized spacial score (nSPS) is 24.2. The molecule has 2 unspecified atom stereocenters. The fourth-order valence-electron chi connectivity index (χ4n) is 4.67. The molecule has 34 heavy (non-hydrogen) atoms. The Labute approximate surface area is 193 Å². The van der Waals surface area contributed by atoms with Crippen molar-refractivity contribution in [1.29, 1.82) is 5.26 Å². The van der Waals surface area contributed by atoms with E-state index >= 15 is 0 Å². The third-order valence-corrected chi connectivity index (χ3v) is 6.51. The van der Waals surface area contributed by atoms with E-state index < -0.39 is 17.6 Å². The average molecular weight is 463 g/mol. The van der Waals surface area contributed by atoms with Gasteiger partial charge in [-0.25, -0.2) is 4.68 Å². The highest BCUT2D eigenvalue weighted by Gasteiger charge is 2.40. The summed E-state index contributed by atoms with van der Waals surface area (Å²) in [6, 6.07) is 6.32. The van der Waals surface area contributed by atoms with Crippen LogP contribution in [-0.2, 0) is 16.1 Å². The van der Waals surface area contributed by atoms with Gasteiger partial charge >= 0.3 is 0 Å². The second-order valence-electron chi connectivity index (χ2n) is 8.83. The van der Waals surface area contributed by atoms with E-state index in [1.807, 2.05) is 6.07 Å². The molecule has 5 rings (SSSR count). The van der Waals surface area contributed by atoms with E-state index in [0.717, 1.165) is 0 Å². The standard InChI is InChI=1S/C22H21N7O5/c23-7-5-22(34)6-8-27(12-22)21(33)16-11-29(26-25-16)14-1-2-15-13(9-14)10-28(20(15)32)17-3-4-18(30)24-19(17)31/h1-2,9,11,17,34H,3-6,8,10,12H2,(H,24,30,31). The summed E-state index contributed by atoms with van der Waals surface area (Å²) in [7, 11) is 0. The molecule has 0 saturated carbocycles. The second-order valence-corrected chi connectivity index (χ2v) is 8.83. The third kappa shape index (κ3) is 3.69. The van der Waals surface area contributed by atoms with Gasteiger partial charge in [0.1, 0.15) is 6.04 Å². The number of imide groups is 1. The number of nitrogens with one attached hydrogen (secondary N) is 1. The topological polar surface area (TPSA) is 162 Å². The number of rotatable bonds is 4. The maximum atomic E-state index is 12.8. The summed E-state index contributed by atoms with van der Waals surface area (Å²) < 4.78 is 1.42. The van der Waals surface area contributed by atoms with Crippen LogP contribution in [0.15, 0.2) is 24.4 Å². The Kier molecular flexibility index (Phi) is 5.13. The zero-order valence-electron chi connectivity index (χ0n) is 18.1. The number of hydrogen-bond donors (Lipinski definition) is 2. The first-order valence-electron chi connectivity index (χ1n) is 10.9. The third-order valence-electron chi connectivity index (χ3n) is 6.51. The van der Waals surface area contributed by atoms with Crippen LogP contribution in [0.2, 0.25) is 0 Å². The lowest BCUT2D eigenvalue weighted by Gasteiger charge is -2.29. The van der Waals surface area contributed by atoms with Crippen LogP contribution < -0.4 is 5.32 Å². The molecule has 2 aromatic rings. The van der Waals surface area contributed by atoms with Crippen LogP contribution in [0.4, 0.5) is 0 Å². The predicted molar refractivity (Wildman–Crippen MR) is 113 cm³/mol. The lowest BCUT2D eigenvalue weighted by molar-refractivity contribution is -0.136. The monoisotopic (exact) mass is 463 g/mol. The number of benzene rings is 1.